The van der Waals surface area contributed by atoms with Gasteiger partial charge in [0.15, 0.2) is 0 Å². The van der Waals surface area contributed by atoms with Gasteiger partial charge < -0.3 is 0 Å². The molecule has 1 unspecified atom stereocenters. The van der Waals surface area contributed by atoms with Crippen molar-refractivity contribution in [1.29, 1.82) is 5.26 Å². The van der Waals surface area contributed by atoms with Crippen LogP contribution in [0.1, 0.15) is 15.9 Å². The lowest BCUT2D eigenvalue weighted by atomic mass is 10.0. The first-order valence-electron chi connectivity index (χ1n) is 6.58. The third-order valence-electron chi connectivity index (χ3n) is 3.46. The number of nitrogens with zero attached hydrogens (tertiary/aromatic N) is 2. The summed E-state index contributed by atoms with van der Waals surface area (Å²) in [6.45, 7) is 0. The summed E-state index contributed by atoms with van der Waals surface area (Å²) in [6.07, 6.45) is 3.24. The van der Waals surface area contributed by atoms with Crippen LogP contribution in [0.5, 0.6) is 0 Å². The van der Waals surface area contributed by atoms with Crippen LogP contribution in [0.25, 0.3) is 6.08 Å². The van der Waals surface area contributed by atoms with Gasteiger partial charge in [0.1, 0.15) is 23.2 Å². The van der Waals surface area contributed by atoms with Gasteiger partial charge in [-0.3, -0.25) is 9.69 Å². The standard InChI is InChI=1S/C17H10F2N2O/c18-13-5-3-6-14(19)16(13)17(22)21-12(10-20)9-8-11-4-1-2-7-15(11)21/h1-9,12H. The van der Waals surface area contributed by atoms with Gasteiger partial charge in [-0.1, -0.05) is 30.3 Å². The molecule has 0 fully saturated rings. The minimum absolute atomic E-state index is 0.448. The van der Waals surface area contributed by atoms with Gasteiger partial charge in [0.05, 0.1) is 11.8 Å². The van der Waals surface area contributed by atoms with Gasteiger partial charge in [-0.2, -0.15) is 5.26 Å². The summed E-state index contributed by atoms with van der Waals surface area (Å²) in [7, 11) is 0. The molecule has 2 aromatic rings. The Morgan fingerprint density at radius 1 is 1.09 bits per heavy atom. The molecule has 1 amide bonds. The lowest BCUT2D eigenvalue weighted by Gasteiger charge is -2.30. The fourth-order valence-corrected chi connectivity index (χ4v) is 2.44. The Kier molecular flexibility index (Phi) is 3.43. The van der Waals surface area contributed by atoms with Crippen LogP contribution in [-0.4, -0.2) is 11.9 Å². The maximum Gasteiger partial charge on any atom is 0.265 e. The van der Waals surface area contributed by atoms with Gasteiger partial charge >= 0.3 is 0 Å². The second-order valence-electron chi connectivity index (χ2n) is 4.76. The summed E-state index contributed by atoms with van der Waals surface area (Å²) in [4.78, 5) is 13.7. The molecule has 0 radical (unpaired) electrons. The van der Waals surface area contributed by atoms with Gasteiger partial charge in [-0.15, -0.1) is 0 Å². The van der Waals surface area contributed by atoms with Crippen molar-refractivity contribution in [2.24, 2.45) is 0 Å². The number of hydrogen-bond acceptors (Lipinski definition) is 2. The lowest BCUT2D eigenvalue weighted by molar-refractivity contribution is 0.0976. The van der Waals surface area contributed by atoms with Crippen LogP contribution < -0.4 is 4.90 Å². The number of carbonyl (C=O) groups excluding carboxylic acids is 1. The van der Waals surface area contributed by atoms with E-state index in [0.717, 1.165) is 17.0 Å². The number of para-hydroxylation sites is 1. The molecule has 2 aromatic carbocycles. The smallest absolute Gasteiger partial charge is 0.265 e. The van der Waals surface area contributed by atoms with Gasteiger partial charge in [0.2, 0.25) is 0 Å². The summed E-state index contributed by atoms with van der Waals surface area (Å²) in [5.74, 6) is -2.78. The van der Waals surface area contributed by atoms with Gasteiger partial charge in [0, 0.05) is 0 Å². The van der Waals surface area contributed by atoms with Crippen LogP contribution in [0, 0.1) is 23.0 Å². The molecule has 108 valence electrons. The summed E-state index contributed by atoms with van der Waals surface area (Å²) < 4.78 is 27.7. The average Bonchev–Trinajstić information content (AvgIpc) is 2.53. The molecule has 1 aliphatic heterocycles. The minimum Gasteiger partial charge on any atom is -0.287 e. The van der Waals surface area contributed by atoms with Crippen LogP contribution in [0.15, 0.2) is 48.5 Å². The molecule has 0 aromatic heterocycles. The fourth-order valence-electron chi connectivity index (χ4n) is 2.44. The van der Waals surface area contributed by atoms with E-state index in [-0.39, 0.29) is 0 Å². The molecule has 0 spiro atoms. The van der Waals surface area contributed by atoms with Crippen molar-refractivity contribution >= 4 is 17.7 Å². The van der Waals surface area contributed by atoms with E-state index in [1.54, 1.807) is 30.3 Å². The first-order chi connectivity index (χ1) is 10.6. The van der Waals surface area contributed by atoms with Crippen molar-refractivity contribution < 1.29 is 13.6 Å². The van der Waals surface area contributed by atoms with Gasteiger partial charge in [0.25, 0.3) is 5.91 Å². The Morgan fingerprint density at radius 3 is 2.45 bits per heavy atom. The van der Waals surface area contributed by atoms with E-state index < -0.39 is 29.1 Å². The fraction of sp³-hybridized carbons (Fsp3) is 0.0588. The molecule has 3 rings (SSSR count). The molecule has 22 heavy (non-hydrogen) atoms. The summed E-state index contributed by atoms with van der Waals surface area (Å²) in [5.41, 5.74) is 0.496. The van der Waals surface area contributed by atoms with Crippen molar-refractivity contribution in [3.05, 3.63) is 71.3 Å². The van der Waals surface area contributed by atoms with E-state index in [2.05, 4.69) is 0 Å². The van der Waals surface area contributed by atoms with E-state index in [1.807, 2.05) is 6.07 Å². The number of hydrogen-bond donors (Lipinski definition) is 0. The summed E-state index contributed by atoms with van der Waals surface area (Å²) in [5, 5.41) is 9.24. The minimum atomic E-state index is -0.950. The van der Waals surface area contributed by atoms with E-state index in [9.17, 15) is 18.8 Å². The number of carbonyl (C=O) groups is 1. The van der Waals surface area contributed by atoms with E-state index >= 15 is 0 Å². The highest BCUT2D eigenvalue weighted by Crippen LogP contribution is 2.31. The number of halogens is 2. The predicted molar refractivity (Wildman–Crippen MR) is 78.0 cm³/mol. The number of benzene rings is 2. The Labute approximate surface area is 125 Å². The van der Waals surface area contributed by atoms with E-state index in [0.29, 0.717) is 11.3 Å². The zero-order chi connectivity index (χ0) is 15.7. The molecule has 0 bridgehead atoms. The Hall–Kier alpha value is -3.00. The first kappa shape index (κ1) is 14.0. The van der Waals surface area contributed by atoms with Crippen molar-refractivity contribution in [2.75, 3.05) is 4.90 Å². The third kappa shape index (κ3) is 2.15. The van der Waals surface area contributed by atoms with Crippen molar-refractivity contribution in [2.45, 2.75) is 6.04 Å². The second kappa shape index (κ2) is 5.41. The largest absolute Gasteiger partial charge is 0.287 e. The predicted octanol–water partition coefficient (Wildman–Crippen LogP) is 3.53. The maximum absolute atomic E-state index is 13.9. The molecule has 0 saturated carbocycles. The maximum atomic E-state index is 13.9. The molecule has 1 atom stereocenters. The average molecular weight is 296 g/mol. The summed E-state index contributed by atoms with van der Waals surface area (Å²) >= 11 is 0. The number of fused-ring (bicyclic) bond motifs is 1. The molecule has 1 aliphatic rings. The van der Waals surface area contributed by atoms with E-state index in [4.69, 9.17) is 0 Å². The molecule has 0 N–H and O–H groups in total. The number of anilines is 1. The molecule has 0 saturated heterocycles. The number of amides is 1. The molecule has 3 nitrogen and oxygen atoms in total. The zero-order valence-corrected chi connectivity index (χ0v) is 11.3. The van der Waals surface area contributed by atoms with Crippen molar-refractivity contribution in [3.8, 4) is 6.07 Å². The second-order valence-corrected chi connectivity index (χ2v) is 4.76. The molecule has 5 heteroatoms. The molecule has 1 heterocycles. The highest BCUT2D eigenvalue weighted by Gasteiger charge is 2.31. The van der Waals surface area contributed by atoms with E-state index in [1.165, 1.54) is 12.1 Å². The molecule has 0 aliphatic carbocycles. The summed E-state index contributed by atoms with van der Waals surface area (Å²) in [6, 6.07) is 11.1. The zero-order valence-electron chi connectivity index (χ0n) is 11.3. The van der Waals surface area contributed by atoms with Crippen LogP contribution in [0.2, 0.25) is 0 Å². The Morgan fingerprint density at radius 2 is 1.77 bits per heavy atom. The van der Waals surface area contributed by atoms with Crippen LogP contribution in [0.4, 0.5) is 14.5 Å². The Bertz CT molecular complexity index is 803. The number of rotatable bonds is 1. The normalized spacial score (nSPS) is 16.0. The number of nitriles is 1. The first-order valence-corrected chi connectivity index (χ1v) is 6.58. The van der Waals surface area contributed by atoms with Gasteiger partial charge in [-0.05, 0) is 29.8 Å². The highest BCUT2D eigenvalue weighted by molar-refractivity contribution is 6.09. The van der Waals surface area contributed by atoms with Gasteiger partial charge in [-0.25, -0.2) is 8.78 Å². The van der Waals surface area contributed by atoms with Crippen LogP contribution >= 0.6 is 0 Å². The quantitative estimate of drug-likeness (QED) is 0.808. The third-order valence-corrected chi connectivity index (χ3v) is 3.46. The molecular formula is C17H10F2N2O. The van der Waals surface area contributed by atoms with Crippen LogP contribution in [-0.2, 0) is 0 Å². The monoisotopic (exact) mass is 296 g/mol. The Balaban J connectivity index is 2.15. The topological polar surface area (TPSA) is 44.1 Å². The van der Waals surface area contributed by atoms with Crippen molar-refractivity contribution in [1.82, 2.24) is 0 Å². The lowest BCUT2D eigenvalue weighted by Crippen LogP contribution is -2.41. The SMILES string of the molecule is N#CC1C=Cc2ccccc2N1C(=O)c1c(F)cccc1F. The van der Waals surface area contributed by atoms with Crippen molar-refractivity contribution in [3.63, 3.8) is 0 Å². The molecular weight excluding hydrogens is 286 g/mol. The van der Waals surface area contributed by atoms with Crippen LogP contribution in [0.3, 0.4) is 0 Å². The highest BCUT2D eigenvalue weighted by atomic mass is 19.1.